The van der Waals surface area contributed by atoms with E-state index in [1.54, 1.807) is 6.07 Å². The number of hydrogen-bond donors (Lipinski definition) is 0. The third-order valence-electron chi connectivity index (χ3n) is 2.38. The number of nitro groups is 1. The van der Waals surface area contributed by atoms with Gasteiger partial charge in [0.1, 0.15) is 5.82 Å². The Morgan fingerprint density at radius 1 is 1.33 bits per heavy atom. The second kappa shape index (κ2) is 4.79. The number of methoxy groups -OCH3 is 1. The molecular weight excluding hydrogens is 239 g/mol. The van der Waals surface area contributed by atoms with Gasteiger partial charge in [-0.2, -0.15) is 0 Å². The summed E-state index contributed by atoms with van der Waals surface area (Å²) in [5, 5.41) is 10.8. The number of hydrogen-bond acceptors (Lipinski definition) is 4. The maximum absolute atomic E-state index is 13.1. The number of halogens is 1. The molecule has 0 saturated carbocycles. The van der Waals surface area contributed by atoms with E-state index in [9.17, 15) is 14.5 Å². The van der Waals surface area contributed by atoms with Crippen molar-refractivity contribution in [3.8, 4) is 17.0 Å². The summed E-state index contributed by atoms with van der Waals surface area (Å²) in [7, 11) is 1.30. The number of benzene rings is 1. The number of aromatic nitrogens is 1. The molecule has 1 aromatic carbocycles. The van der Waals surface area contributed by atoms with Crippen LogP contribution in [0.25, 0.3) is 11.1 Å². The van der Waals surface area contributed by atoms with Crippen molar-refractivity contribution in [3.63, 3.8) is 0 Å². The molecule has 2 rings (SSSR count). The molecular formula is C12H9FN2O3. The number of rotatable bonds is 3. The number of nitrogens with zero attached hydrogens (tertiary/aromatic N) is 2. The highest BCUT2D eigenvalue weighted by atomic mass is 19.1. The van der Waals surface area contributed by atoms with Gasteiger partial charge >= 0.3 is 5.69 Å². The summed E-state index contributed by atoms with van der Waals surface area (Å²) in [4.78, 5) is 14.1. The molecule has 0 saturated heterocycles. The third kappa shape index (κ3) is 2.27. The molecule has 0 unspecified atom stereocenters. The lowest BCUT2D eigenvalue weighted by Gasteiger charge is -2.04. The Bertz CT molecular complexity index is 602. The summed E-state index contributed by atoms with van der Waals surface area (Å²) in [5.74, 6) is -0.480. The fourth-order valence-electron chi connectivity index (χ4n) is 1.55. The first-order valence-electron chi connectivity index (χ1n) is 5.06. The average molecular weight is 248 g/mol. The summed E-state index contributed by atoms with van der Waals surface area (Å²) in [5.41, 5.74) is 0.731. The highest BCUT2D eigenvalue weighted by Crippen LogP contribution is 2.29. The second-order valence-corrected chi connectivity index (χ2v) is 3.52. The maximum Gasteiger partial charge on any atom is 0.331 e. The van der Waals surface area contributed by atoms with Crippen LogP contribution in [0.15, 0.2) is 36.5 Å². The zero-order valence-corrected chi connectivity index (χ0v) is 9.46. The van der Waals surface area contributed by atoms with Crippen LogP contribution in [0, 0.1) is 15.9 Å². The van der Waals surface area contributed by atoms with Crippen LogP contribution in [0.5, 0.6) is 5.88 Å². The van der Waals surface area contributed by atoms with Gasteiger partial charge < -0.3 is 4.74 Å². The van der Waals surface area contributed by atoms with Gasteiger partial charge in [-0.3, -0.25) is 10.1 Å². The van der Waals surface area contributed by atoms with Crippen molar-refractivity contribution in [2.75, 3.05) is 7.11 Å². The molecule has 5 nitrogen and oxygen atoms in total. The van der Waals surface area contributed by atoms with Crippen molar-refractivity contribution in [3.05, 3.63) is 52.5 Å². The van der Waals surface area contributed by atoms with E-state index in [1.165, 1.54) is 37.6 Å². The van der Waals surface area contributed by atoms with Crippen LogP contribution in [0.2, 0.25) is 0 Å². The van der Waals surface area contributed by atoms with Gasteiger partial charge in [0.25, 0.3) is 5.88 Å². The van der Waals surface area contributed by atoms with E-state index >= 15 is 0 Å². The van der Waals surface area contributed by atoms with Crippen LogP contribution in [0.4, 0.5) is 10.1 Å². The fraction of sp³-hybridized carbons (Fsp3) is 0.0833. The molecule has 0 radical (unpaired) electrons. The molecule has 1 aromatic heterocycles. The van der Waals surface area contributed by atoms with Crippen LogP contribution in [-0.2, 0) is 0 Å². The van der Waals surface area contributed by atoms with Crippen molar-refractivity contribution in [2.24, 2.45) is 0 Å². The summed E-state index contributed by atoms with van der Waals surface area (Å²) in [6.45, 7) is 0. The van der Waals surface area contributed by atoms with E-state index < -0.39 is 10.7 Å². The Kier molecular flexibility index (Phi) is 3.18. The van der Waals surface area contributed by atoms with E-state index in [0.717, 1.165) is 0 Å². The van der Waals surface area contributed by atoms with Gasteiger partial charge in [-0.1, -0.05) is 12.1 Å². The largest absolute Gasteiger partial charge is 0.476 e. The molecule has 1 heterocycles. The molecule has 0 spiro atoms. The van der Waals surface area contributed by atoms with E-state index in [2.05, 4.69) is 4.98 Å². The van der Waals surface area contributed by atoms with E-state index in [-0.39, 0.29) is 11.6 Å². The first-order chi connectivity index (χ1) is 8.61. The minimum atomic E-state index is -0.589. The Labute approximate surface area is 102 Å². The molecule has 18 heavy (non-hydrogen) atoms. The number of ether oxygens (including phenoxy) is 1. The van der Waals surface area contributed by atoms with Gasteiger partial charge in [0, 0.05) is 17.8 Å². The Hall–Kier alpha value is -2.50. The van der Waals surface area contributed by atoms with Gasteiger partial charge in [-0.05, 0) is 17.7 Å². The number of pyridine rings is 1. The van der Waals surface area contributed by atoms with Gasteiger partial charge in [-0.15, -0.1) is 0 Å². The average Bonchev–Trinajstić information content (AvgIpc) is 2.38. The Morgan fingerprint density at radius 2 is 2.11 bits per heavy atom. The standard InChI is InChI=1S/C12H9FN2O3/c1-18-12-11(15(16)17)6-9(7-14-12)8-3-2-4-10(13)5-8/h2-7H,1H3. The lowest BCUT2D eigenvalue weighted by molar-refractivity contribution is -0.386. The van der Waals surface area contributed by atoms with E-state index in [1.807, 2.05) is 0 Å². The van der Waals surface area contributed by atoms with Crippen molar-refractivity contribution in [1.29, 1.82) is 0 Å². The van der Waals surface area contributed by atoms with E-state index in [4.69, 9.17) is 4.74 Å². The van der Waals surface area contributed by atoms with Crippen LogP contribution in [0.1, 0.15) is 0 Å². The molecule has 0 fully saturated rings. The molecule has 0 aliphatic heterocycles. The Morgan fingerprint density at radius 3 is 2.72 bits per heavy atom. The minimum absolute atomic E-state index is 0.0693. The SMILES string of the molecule is COc1ncc(-c2cccc(F)c2)cc1[N+](=O)[O-]. The van der Waals surface area contributed by atoms with E-state index in [0.29, 0.717) is 11.1 Å². The quantitative estimate of drug-likeness (QED) is 0.618. The normalized spacial score (nSPS) is 10.1. The highest BCUT2D eigenvalue weighted by Gasteiger charge is 2.17. The topological polar surface area (TPSA) is 65.3 Å². The summed E-state index contributed by atoms with van der Waals surface area (Å²) in [6.07, 6.45) is 1.40. The first kappa shape index (κ1) is 12.0. The monoisotopic (exact) mass is 248 g/mol. The lowest BCUT2D eigenvalue weighted by Crippen LogP contribution is -1.96. The zero-order valence-electron chi connectivity index (χ0n) is 9.46. The summed E-state index contributed by atoms with van der Waals surface area (Å²) >= 11 is 0. The minimum Gasteiger partial charge on any atom is -0.476 e. The van der Waals surface area contributed by atoms with Gasteiger partial charge in [0.05, 0.1) is 12.0 Å². The lowest BCUT2D eigenvalue weighted by atomic mass is 10.1. The maximum atomic E-state index is 13.1. The molecule has 92 valence electrons. The molecule has 0 aliphatic rings. The molecule has 6 heteroatoms. The highest BCUT2D eigenvalue weighted by molar-refractivity contribution is 5.66. The predicted molar refractivity (Wildman–Crippen MR) is 62.8 cm³/mol. The zero-order chi connectivity index (χ0) is 13.1. The van der Waals surface area contributed by atoms with Crippen LogP contribution in [-0.4, -0.2) is 17.0 Å². The second-order valence-electron chi connectivity index (χ2n) is 3.52. The van der Waals surface area contributed by atoms with Crippen LogP contribution in [0.3, 0.4) is 0 Å². The summed E-state index contributed by atoms with van der Waals surface area (Å²) < 4.78 is 17.9. The van der Waals surface area contributed by atoms with Crippen LogP contribution >= 0.6 is 0 Å². The first-order valence-corrected chi connectivity index (χ1v) is 5.06. The van der Waals surface area contributed by atoms with Crippen molar-refractivity contribution >= 4 is 5.69 Å². The molecule has 2 aromatic rings. The molecule has 0 atom stereocenters. The van der Waals surface area contributed by atoms with Gasteiger partial charge in [0.15, 0.2) is 0 Å². The summed E-state index contributed by atoms with van der Waals surface area (Å²) in [6, 6.07) is 7.07. The molecule has 0 aliphatic carbocycles. The molecule has 0 bridgehead atoms. The van der Waals surface area contributed by atoms with Gasteiger partial charge in [-0.25, -0.2) is 9.37 Å². The van der Waals surface area contributed by atoms with Crippen molar-refractivity contribution < 1.29 is 14.1 Å². The predicted octanol–water partition coefficient (Wildman–Crippen LogP) is 2.80. The van der Waals surface area contributed by atoms with Crippen LogP contribution < -0.4 is 4.74 Å². The van der Waals surface area contributed by atoms with Gasteiger partial charge in [0.2, 0.25) is 0 Å². The molecule has 0 N–H and O–H groups in total. The smallest absolute Gasteiger partial charge is 0.331 e. The fourth-order valence-corrected chi connectivity index (χ4v) is 1.55. The van der Waals surface area contributed by atoms with Crippen molar-refractivity contribution in [1.82, 2.24) is 4.98 Å². The molecule has 0 amide bonds. The third-order valence-corrected chi connectivity index (χ3v) is 2.38. The van der Waals surface area contributed by atoms with Crippen molar-refractivity contribution in [2.45, 2.75) is 0 Å². The Balaban J connectivity index is 2.53.